The predicted molar refractivity (Wildman–Crippen MR) is 75.4 cm³/mol. The Morgan fingerprint density at radius 2 is 2.05 bits per heavy atom. The van der Waals surface area contributed by atoms with Crippen molar-refractivity contribution in [3.63, 3.8) is 0 Å². The maximum atomic E-state index is 6.54. The lowest BCUT2D eigenvalue weighted by atomic mass is 9.77. The Bertz CT molecular complexity index is 452. The van der Waals surface area contributed by atoms with Gasteiger partial charge in [0.15, 0.2) is 0 Å². The first-order valence-electron chi connectivity index (χ1n) is 7.31. The van der Waals surface area contributed by atoms with Crippen molar-refractivity contribution < 1.29 is 9.47 Å². The molecule has 0 saturated heterocycles. The molecule has 0 aromatic heterocycles. The third-order valence-corrected chi connectivity index (χ3v) is 4.75. The molecule has 1 aromatic rings. The second kappa shape index (κ2) is 5.14. The normalized spacial score (nSPS) is 22.6. The molecule has 3 rings (SSSR count). The van der Waals surface area contributed by atoms with Gasteiger partial charge in [0.25, 0.3) is 0 Å². The van der Waals surface area contributed by atoms with E-state index in [1.165, 1.54) is 30.4 Å². The highest BCUT2D eigenvalue weighted by molar-refractivity contribution is 5.41. The molecule has 1 atom stereocenters. The second-order valence-electron chi connectivity index (χ2n) is 5.77. The van der Waals surface area contributed by atoms with E-state index in [0.717, 1.165) is 31.6 Å². The van der Waals surface area contributed by atoms with Crippen molar-refractivity contribution in [2.24, 2.45) is 5.73 Å². The molecular weight excluding hydrogens is 238 g/mol. The summed E-state index contributed by atoms with van der Waals surface area (Å²) in [7, 11) is 1.81. The summed E-state index contributed by atoms with van der Waals surface area (Å²) in [5, 5.41) is 0. The lowest BCUT2D eigenvalue weighted by Crippen LogP contribution is -2.44. The smallest absolute Gasteiger partial charge is 0.122 e. The van der Waals surface area contributed by atoms with E-state index >= 15 is 0 Å². The summed E-state index contributed by atoms with van der Waals surface area (Å²) in [4.78, 5) is 0. The van der Waals surface area contributed by atoms with Crippen LogP contribution in [0.4, 0.5) is 0 Å². The van der Waals surface area contributed by atoms with Gasteiger partial charge in [-0.25, -0.2) is 0 Å². The van der Waals surface area contributed by atoms with Crippen LogP contribution in [0.15, 0.2) is 18.2 Å². The molecular formula is C16H23NO2. The highest BCUT2D eigenvalue weighted by atomic mass is 16.5. The first-order valence-corrected chi connectivity index (χ1v) is 7.31. The SMILES string of the molecule is COC1(C(N)c2ccc3c(c2)CCO3)CCCCC1. The number of benzene rings is 1. The molecule has 1 fully saturated rings. The summed E-state index contributed by atoms with van der Waals surface area (Å²) >= 11 is 0. The zero-order valence-electron chi connectivity index (χ0n) is 11.7. The fourth-order valence-electron chi connectivity index (χ4n) is 3.50. The molecule has 0 spiro atoms. The van der Waals surface area contributed by atoms with Crippen molar-refractivity contribution in [1.82, 2.24) is 0 Å². The van der Waals surface area contributed by atoms with E-state index < -0.39 is 0 Å². The van der Waals surface area contributed by atoms with Crippen molar-refractivity contribution in [2.45, 2.75) is 50.2 Å². The van der Waals surface area contributed by atoms with Crippen molar-refractivity contribution in [2.75, 3.05) is 13.7 Å². The molecule has 2 aliphatic rings. The minimum atomic E-state index is -0.175. The van der Waals surface area contributed by atoms with Crippen molar-refractivity contribution in [3.05, 3.63) is 29.3 Å². The van der Waals surface area contributed by atoms with E-state index in [-0.39, 0.29) is 11.6 Å². The van der Waals surface area contributed by atoms with Gasteiger partial charge in [0, 0.05) is 13.5 Å². The van der Waals surface area contributed by atoms with Crippen LogP contribution >= 0.6 is 0 Å². The molecule has 1 unspecified atom stereocenters. The predicted octanol–water partition coefficient (Wildman–Crippen LogP) is 2.97. The minimum absolute atomic E-state index is 0.0382. The Labute approximate surface area is 115 Å². The van der Waals surface area contributed by atoms with Gasteiger partial charge in [0.05, 0.1) is 18.2 Å². The largest absolute Gasteiger partial charge is 0.493 e. The average Bonchev–Trinajstić information content (AvgIpc) is 2.94. The molecule has 1 heterocycles. The first-order chi connectivity index (χ1) is 9.25. The van der Waals surface area contributed by atoms with Crippen LogP contribution in [-0.4, -0.2) is 19.3 Å². The minimum Gasteiger partial charge on any atom is -0.493 e. The molecule has 19 heavy (non-hydrogen) atoms. The van der Waals surface area contributed by atoms with Crippen LogP contribution in [0.3, 0.4) is 0 Å². The van der Waals surface area contributed by atoms with Gasteiger partial charge in [-0.2, -0.15) is 0 Å². The Balaban J connectivity index is 1.87. The molecule has 3 nitrogen and oxygen atoms in total. The number of nitrogens with two attached hydrogens (primary N) is 1. The summed E-state index contributed by atoms with van der Waals surface area (Å²) in [6.45, 7) is 0.795. The molecule has 0 bridgehead atoms. The monoisotopic (exact) mass is 261 g/mol. The van der Waals surface area contributed by atoms with Crippen LogP contribution in [0, 0.1) is 0 Å². The van der Waals surface area contributed by atoms with Crippen LogP contribution < -0.4 is 10.5 Å². The summed E-state index contributed by atoms with van der Waals surface area (Å²) in [5.41, 5.74) is 8.84. The van der Waals surface area contributed by atoms with Gasteiger partial charge in [0.1, 0.15) is 5.75 Å². The topological polar surface area (TPSA) is 44.5 Å². The summed E-state index contributed by atoms with van der Waals surface area (Å²) in [6.07, 6.45) is 6.87. The van der Waals surface area contributed by atoms with Gasteiger partial charge >= 0.3 is 0 Å². The van der Waals surface area contributed by atoms with Crippen LogP contribution in [0.1, 0.15) is 49.3 Å². The van der Waals surface area contributed by atoms with E-state index in [9.17, 15) is 0 Å². The van der Waals surface area contributed by atoms with Crippen molar-refractivity contribution in [1.29, 1.82) is 0 Å². The number of fused-ring (bicyclic) bond motifs is 1. The average molecular weight is 261 g/mol. The van der Waals surface area contributed by atoms with E-state index in [0.29, 0.717) is 0 Å². The molecule has 0 radical (unpaired) electrons. The maximum absolute atomic E-state index is 6.54. The summed E-state index contributed by atoms with van der Waals surface area (Å²) in [5.74, 6) is 1.02. The van der Waals surface area contributed by atoms with E-state index in [2.05, 4.69) is 18.2 Å². The molecule has 0 amide bonds. The quantitative estimate of drug-likeness (QED) is 0.909. The van der Waals surface area contributed by atoms with Crippen LogP contribution in [0.2, 0.25) is 0 Å². The van der Waals surface area contributed by atoms with Crippen molar-refractivity contribution in [3.8, 4) is 5.75 Å². The molecule has 3 heteroatoms. The molecule has 1 aliphatic heterocycles. The fourth-order valence-corrected chi connectivity index (χ4v) is 3.50. The number of hydrogen-bond acceptors (Lipinski definition) is 3. The van der Waals surface area contributed by atoms with E-state index in [1.807, 2.05) is 7.11 Å². The molecule has 1 saturated carbocycles. The highest BCUT2D eigenvalue weighted by Gasteiger charge is 2.39. The fraction of sp³-hybridized carbons (Fsp3) is 0.625. The Kier molecular flexibility index (Phi) is 3.50. The Morgan fingerprint density at radius 3 is 2.79 bits per heavy atom. The molecule has 1 aliphatic carbocycles. The second-order valence-corrected chi connectivity index (χ2v) is 5.77. The summed E-state index contributed by atoms with van der Waals surface area (Å²) in [6, 6.07) is 6.33. The lowest BCUT2D eigenvalue weighted by molar-refractivity contribution is -0.0595. The molecule has 2 N–H and O–H groups in total. The standard InChI is InChI=1S/C16H23NO2/c1-18-16(8-3-2-4-9-16)15(17)13-5-6-14-12(11-13)7-10-19-14/h5-6,11,15H,2-4,7-10,17H2,1H3. The van der Waals surface area contributed by atoms with Crippen LogP contribution in [0.5, 0.6) is 5.75 Å². The third kappa shape index (κ3) is 2.26. The Hall–Kier alpha value is -1.06. The third-order valence-electron chi connectivity index (χ3n) is 4.75. The van der Waals surface area contributed by atoms with Gasteiger partial charge in [-0.3, -0.25) is 0 Å². The summed E-state index contributed by atoms with van der Waals surface area (Å²) < 4.78 is 11.4. The number of methoxy groups -OCH3 is 1. The zero-order chi connectivity index (χ0) is 13.3. The highest BCUT2D eigenvalue weighted by Crippen LogP contribution is 2.41. The molecule has 104 valence electrons. The van der Waals surface area contributed by atoms with E-state index in [1.54, 1.807) is 0 Å². The first kappa shape index (κ1) is 12.9. The van der Waals surface area contributed by atoms with Gasteiger partial charge < -0.3 is 15.2 Å². The molecule has 1 aromatic carbocycles. The number of hydrogen-bond donors (Lipinski definition) is 1. The maximum Gasteiger partial charge on any atom is 0.122 e. The number of ether oxygens (including phenoxy) is 2. The zero-order valence-corrected chi connectivity index (χ0v) is 11.7. The van der Waals surface area contributed by atoms with Gasteiger partial charge in [-0.15, -0.1) is 0 Å². The lowest BCUT2D eigenvalue weighted by Gasteiger charge is -2.41. The van der Waals surface area contributed by atoms with E-state index in [4.69, 9.17) is 15.2 Å². The van der Waals surface area contributed by atoms with Gasteiger partial charge in [-0.05, 0) is 30.0 Å². The van der Waals surface area contributed by atoms with Crippen molar-refractivity contribution >= 4 is 0 Å². The van der Waals surface area contributed by atoms with Gasteiger partial charge in [-0.1, -0.05) is 31.4 Å². The van der Waals surface area contributed by atoms with Crippen LogP contribution in [0.25, 0.3) is 0 Å². The Morgan fingerprint density at radius 1 is 1.26 bits per heavy atom. The van der Waals surface area contributed by atoms with Crippen LogP contribution in [-0.2, 0) is 11.2 Å². The van der Waals surface area contributed by atoms with Gasteiger partial charge in [0.2, 0.25) is 0 Å². The number of rotatable bonds is 3.